The van der Waals surface area contributed by atoms with Gasteiger partial charge >= 0.3 is 0 Å². The van der Waals surface area contributed by atoms with Crippen LogP contribution in [0.25, 0.3) is 0 Å². The van der Waals surface area contributed by atoms with Gasteiger partial charge in [0.2, 0.25) is 17.7 Å². The molecule has 3 N–H and O–H groups in total. The lowest BCUT2D eigenvalue weighted by Gasteiger charge is -2.36. The molecule has 1 aliphatic rings. The quantitative estimate of drug-likeness (QED) is 0.419. The minimum Gasteiger partial charge on any atom is -0.326 e. The van der Waals surface area contributed by atoms with Crippen LogP contribution in [0.2, 0.25) is 0 Å². The Morgan fingerprint density at radius 3 is 1.55 bits per heavy atom. The van der Waals surface area contributed by atoms with Gasteiger partial charge in [0.05, 0.1) is 0 Å². The van der Waals surface area contributed by atoms with Crippen molar-refractivity contribution >= 4 is 34.8 Å². The van der Waals surface area contributed by atoms with Crippen LogP contribution in [0.15, 0.2) is 18.2 Å². The molecule has 0 bridgehead atoms. The van der Waals surface area contributed by atoms with Crippen molar-refractivity contribution in [1.82, 2.24) is 0 Å². The van der Waals surface area contributed by atoms with E-state index in [1.165, 1.54) is 0 Å². The lowest BCUT2D eigenvalue weighted by Crippen LogP contribution is -2.31. The van der Waals surface area contributed by atoms with Gasteiger partial charge in [0, 0.05) is 34.8 Å². The summed E-state index contributed by atoms with van der Waals surface area (Å²) in [6.07, 6.45) is 5.35. The van der Waals surface area contributed by atoms with E-state index < -0.39 is 0 Å². The van der Waals surface area contributed by atoms with Gasteiger partial charge in [-0.25, -0.2) is 0 Å². The molecule has 6 heteroatoms. The summed E-state index contributed by atoms with van der Waals surface area (Å²) in [6, 6.07) is 5.26. The number of carbonyl (C=O) groups excluding carboxylic acids is 3. The molecule has 0 saturated heterocycles. The number of amides is 3. The van der Waals surface area contributed by atoms with Crippen molar-refractivity contribution in [1.29, 1.82) is 0 Å². The summed E-state index contributed by atoms with van der Waals surface area (Å²) in [6.45, 7) is 14.5. The van der Waals surface area contributed by atoms with Crippen molar-refractivity contribution in [2.24, 2.45) is 29.1 Å². The first kappa shape index (κ1) is 26.9. The molecule has 1 aromatic rings. The van der Waals surface area contributed by atoms with Gasteiger partial charge in [-0.2, -0.15) is 0 Å². The highest BCUT2D eigenvalue weighted by atomic mass is 16.2. The average Bonchev–Trinajstić information content (AvgIpc) is 2.77. The maximum absolute atomic E-state index is 13.0. The second kappa shape index (κ2) is 11.7. The van der Waals surface area contributed by atoms with Crippen molar-refractivity contribution in [3.63, 3.8) is 0 Å². The van der Waals surface area contributed by atoms with Crippen molar-refractivity contribution in [3.05, 3.63) is 18.2 Å². The minimum atomic E-state index is -0.126. The molecular weight excluding hydrogens is 414 g/mol. The summed E-state index contributed by atoms with van der Waals surface area (Å²) >= 11 is 0. The highest BCUT2D eigenvalue weighted by Crippen LogP contribution is 2.40. The van der Waals surface area contributed by atoms with Gasteiger partial charge in [0.1, 0.15) is 0 Å². The van der Waals surface area contributed by atoms with Gasteiger partial charge in [-0.3, -0.25) is 14.4 Å². The van der Waals surface area contributed by atoms with Crippen LogP contribution in [0.1, 0.15) is 87.0 Å². The molecule has 0 aliphatic heterocycles. The Labute approximate surface area is 199 Å². The maximum Gasteiger partial charge on any atom is 0.227 e. The first-order valence-electron chi connectivity index (χ1n) is 12.5. The molecule has 184 valence electrons. The molecule has 0 heterocycles. The average molecular weight is 458 g/mol. The van der Waals surface area contributed by atoms with Crippen LogP contribution >= 0.6 is 0 Å². The number of rotatable bonds is 8. The molecule has 33 heavy (non-hydrogen) atoms. The number of hydrogen-bond donors (Lipinski definition) is 3. The third kappa shape index (κ3) is 7.86. The molecule has 2 rings (SSSR count). The zero-order chi connectivity index (χ0) is 24.8. The van der Waals surface area contributed by atoms with E-state index in [1.807, 2.05) is 27.7 Å². The fourth-order valence-corrected chi connectivity index (χ4v) is 4.21. The fourth-order valence-electron chi connectivity index (χ4n) is 4.21. The minimum absolute atomic E-state index is 0.00645. The summed E-state index contributed by atoms with van der Waals surface area (Å²) in [5, 5.41) is 8.88. The molecule has 3 amide bonds. The van der Waals surface area contributed by atoms with Crippen molar-refractivity contribution in [2.45, 2.75) is 87.0 Å². The SMILES string of the molecule is CCC(C)C(=O)Nc1cc(NC(=O)C2CCC(C(C)(C)C)CC2)cc(NC(=O)[C@@H](C)CC)c1. The van der Waals surface area contributed by atoms with E-state index in [9.17, 15) is 14.4 Å². The Balaban J connectivity index is 2.17. The third-order valence-electron chi connectivity index (χ3n) is 7.18. The van der Waals surface area contributed by atoms with Crippen LogP contribution in [0.3, 0.4) is 0 Å². The zero-order valence-corrected chi connectivity index (χ0v) is 21.5. The van der Waals surface area contributed by atoms with Crippen LogP contribution in [-0.4, -0.2) is 17.7 Å². The van der Waals surface area contributed by atoms with E-state index in [2.05, 4.69) is 36.7 Å². The second-order valence-corrected chi connectivity index (χ2v) is 10.8. The van der Waals surface area contributed by atoms with E-state index in [-0.39, 0.29) is 40.9 Å². The van der Waals surface area contributed by atoms with E-state index in [0.717, 1.165) is 38.5 Å². The van der Waals surface area contributed by atoms with E-state index in [1.54, 1.807) is 18.2 Å². The normalized spacial score (nSPS) is 20.5. The van der Waals surface area contributed by atoms with Gasteiger partial charge in [-0.1, -0.05) is 48.5 Å². The first-order valence-corrected chi connectivity index (χ1v) is 12.5. The monoisotopic (exact) mass is 457 g/mol. The topological polar surface area (TPSA) is 87.3 Å². The summed E-state index contributed by atoms with van der Waals surface area (Å²) in [7, 11) is 0. The van der Waals surface area contributed by atoms with Gasteiger partial charge in [-0.15, -0.1) is 0 Å². The second-order valence-electron chi connectivity index (χ2n) is 10.8. The summed E-state index contributed by atoms with van der Waals surface area (Å²) in [5.41, 5.74) is 1.98. The lowest BCUT2D eigenvalue weighted by molar-refractivity contribution is -0.121. The molecule has 6 nitrogen and oxygen atoms in total. The summed E-state index contributed by atoms with van der Waals surface area (Å²) in [5.74, 6) is 0.218. The number of hydrogen-bond acceptors (Lipinski definition) is 3. The molecule has 0 radical (unpaired) electrons. The van der Waals surface area contributed by atoms with E-state index >= 15 is 0 Å². The Hall–Kier alpha value is -2.37. The molecule has 2 atom stereocenters. The Morgan fingerprint density at radius 2 is 1.18 bits per heavy atom. The van der Waals surface area contributed by atoms with Gasteiger partial charge in [0.15, 0.2) is 0 Å². The van der Waals surface area contributed by atoms with Crippen LogP contribution in [0, 0.1) is 29.1 Å². The number of carbonyl (C=O) groups is 3. The zero-order valence-electron chi connectivity index (χ0n) is 21.5. The lowest BCUT2D eigenvalue weighted by atomic mass is 9.69. The van der Waals surface area contributed by atoms with Crippen LogP contribution in [0.5, 0.6) is 0 Å². The molecule has 1 aromatic carbocycles. The molecule has 0 spiro atoms. The van der Waals surface area contributed by atoms with Crippen LogP contribution < -0.4 is 16.0 Å². The summed E-state index contributed by atoms with van der Waals surface area (Å²) in [4.78, 5) is 37.9. The van der Waals surface area contributed by atoms with E-state index in [0.29, 0.717) is 23.0 Å². The number of benzene rings is 1. The predicted molar refractivity (Wildman–Crippen MR) is 136 cm³/mol. The standard InChI is InChI=1S/C27H43N3O3/c1-8-17(3)24(31)28-21-14-22(29-25(32)18(4)9-2)16-23(15-21)30-26(33)19-10-12-20(13-11-19)27(5,6)7/h14-20H,8-13H2,1-7H3,(H,28,31)(H,29,32)(H,30,33)/t17-,18?,19?,20?/m0/s1. The Bertz CT molecular complexity index is 793. The van der Waals surface area contributed by atoms with Crippen molar-refractivity contribution in [3.8, 4) is 0 Å². The smallest absolute Gasteiger partial charge is 0.227 e. The van der Waals surface area contributed by atoms with Gasteiger partial charge < -0.3 is 16.0 Å². The predicted octanol–water partition coefficient (Wildman–Crippen LogP) is 6.45. The Kier molecular flexibility index (Phi) is 9.50. The van der Waals surface area contributed by atoms with Gasteiger partial charge in [-0.05, 0) is 68.1 Å². The molecule has 0 aromatic heterocycles. The molecular formula is C27H43N3O3. The van der Waals surface area contributed by atoms with Crippen LogP contribution in [0.4, 0.5) is 17.1 Å². The molecule has 1 unspecified atom stereocenters. The molecule has 1 aliphatic carbocycles. The third-order valence-corrected chi connectivity index (χ3v) is 7.18. The van der Waals surface area contributed by atoms with Crippen molar-refractivity contribution in [2.75, 3.05) is 16.0 Å². The van der Waals surface area contributed by atoms with Crippen LogP contribution in [-0.2, 0) is 14.4 Å². The number of anilines is 3. The van der Waals surface area contributed by atoms with Gasteiger partial charge in [0.25, 0.3) is 0 Å². The largest absolute Gasteiger partial charge is 0.326 e. The van der Waals surface area contributed by atoms with E-state index in [4.69, 9.17) is 0 Å². The fraction of sp³-hybridized carbons (Fsp3) is 0.667. The highest BCUT2D eigenvalue weighted by Gasteiger charge is 2.32. The number of nitrogens with one attached hydrogen (secondary N) is 3. The Morgan fingerprint density at radius 1 is 0.788 bits per heavy atom. The van der Waals surface area contributed by atoms with Crippen molar-refractivity contribution < 1.29 is 14.4 Å². The molecule has 1 saturated carbocycles. The maximum atomic E-state index is 13.0. The highest BCUT2D eigenvalue weighted by molar-refractivity contribution is 5.99. The molecule has 1 fully saturated rings. The summed E-state index contributed by atoms with van der Waals surface area (Å²) < 4.78 is 0. The first-order chi connectivity index (χ1) is 15.4.